The van der Waals surface area contributed by atoms with Gasteiger partial charge in [0.2, 0.25) is 5.91 Å². The summed E-state index contributed by atoms with van der Waals surface area (Å²) >= 11 is 0. The zero-order valence-electron chi connectivity index (χ0n) is 29.9. The molecule has 4 saturated carbocycles. The predicted molar refractivity (Wildman–Crippen MR) is 184 cm³/mol. The summed E-state index contributed by atoms with van der Waals surface area (Å²) in [5.41, 5.74) is 3.52. The lowest BCUT2D eigenvalue weighted by molar-refractivity contribution is -0.139. The maximum Gasteiger partial charge on any atom is 0.225 e. The van der Waals surface area contributed by atoms with Crippen LogP contribution in [0.4, 0.5) is 0 Å². The van der Waals surface area contributed by atoms with Crippen molar-refractivity contribution in [1.29, 1.82) is 0 Å². The second-order valence-electron chi connectivity index (χ2n) is 17.0. The van der Waals surface area contributed by atoms with Crippen molar-refractivity contribution in [1.82, 2.24) is 4.90 Å². The van der Waals surface area contributed by atoms with E-state index in [0.717, 1.165) is 69.1 Å². The molecule has 4 aliphatic carbocycles. The van der Waals surface area contributed by atoms with Gasteiger partial charge in [0, 0.05) is 19.0 Å². The second kappa shape index (κ2) is 13.6. The molecule has 4 nitrogen and oxygen atoms in total. The Bertz CT molecular complexity index is 1140. The lowest BCUT2D eigenvalue weighted by atomic mass is 9.44. The third-order valence-electron chi connectivity index (χ3n) is 14.4. The number of carbonyl (C=O) groups excluding carboxylic acids is 1. The van der Waals surface area contributed by atoms with Gasteiger partial charge in [0.05, 0.1) is 24.9 Å². The summed E-state index contributed by atoms with van der Waals surface area (Å²) in [6, 6.07) is 8.87. The fourth-order valence-electron chi connectivity index (χ4n) is 12.0. The molecule has 1 saturated heterocycles. The molecule has 0 spiro atoms. The Morgan fingerprint density at radius 2 is 1.69 bits per heavy atom. The summed E-state index contributed by atoms with van der Waals surface area (Å²) in [4.78, 5) is 15.3. The Morgan fingerprint density at radius 1 is 0.978 bits per heavy atom. The zero-order valence-corrected chi connectivity index (χ0v) is 29.9. The first-order valence-corrected chi connectivity index (χ1v) is 19.2. The van der Waals surface area contributed by atoms with E-state index >= 15 is 0 Å². The van der Waals surface area contributed by atoms with Gasteiger partial charge in [-0.05, 0) is 136 Å². The van der Waals surface area contributed by atoms with Gasteiger partial charge in [-0.15, -0.1) is 0 Å². The van der Waals surface area contributed by atoms with Crippen LogP contribution in [0.5, 0.6) is 0 Å². The minimum Gasteiger partial charge on any atom is -0.374 e. The first kappa shape index (κ1) is 33.5. The molecule has 1 aliphatic heterocycles. The Balaban J connectivity index is 1.04. The van der Waals surface area contributed by atoms with Crippen LogP contribution in [0.15, 0.2) is 24.3 Å². The first-order chi connectivity index (χ1) is 21.6. The van der Waals surface area contributed by atoms with Crippen LogP contribution >= 0.6 is 0 Å². The fourth-order valence-corrected chi connectivity index (χ4v) is 12.0. The van der Waals surface area contributed by atoms with Crippen molar-refractivity contribution in [2.75, 3.05) is 13.1 Å². The quantitative estimate of drug-likeness (QED) is 0.248. The molecule has 0 bridgehead atoms. The summed E-state index contributed by atoms with van der Waals surface area (Å²) in [6.07, 6.45) is 15.9. The summed E-state index contributed by atoms with van der Waals surface area (Å²) < 4.78 is 13.5. The number of aryl methyl sites for hydroxylation is 1. The number of nitrogens with zero attached hydrogens (tertiary/aromatic N) is 1. The van der Waals surface area contributed by atoms with Crippen LogP contribution in [0.3, 0.4) is 0 Å². The average molecular weight is 620 g/mol. The number of carbonyl (C=O) groups is 1. The average Bonchev–Trinajstić information content (AvgIpc) is 3.51. The smallest absolute Gasteiger partial charge is 0.225 e. The molecule has 45 heavy (non-hydrogen) atoms. The van der Waals surface area contributed by atoms with E-state index in [2.05, 4.69) is 77.6 Å². The van der Waals surface area contributed by atoms with Crippen LogP contribution in [-0.4, -0.2) is 42.2 Å². The van der Waals surface area contributed by atoms with Crippen LogP contribution in [0, 0.1) is 59.2 Å². The summed E-state index contributed by atoms with van der Waals surface area (Å²) in [7, 11) is 0. The SMILES string of the molecule is CCCN(CCC)C(=O)[C@@H](C)CC[C@H]1O[C@H]2C[C@H]3[C@@H]4CC[C@@H]5C[C@@H](OCc6ccc(C)cc6)CC[C@]5(C)[C@H]4CC[C@]3(C)[C@H]2[C@@H]1C. The number of hydrogen-bond donors (Lipinski definition) is 0. The standard InChI is InChI=1S/C41H65NO3/c1-8-22-42(23-9-2)39(43)28(4)12-17-36-29(5)38-37(45-36)25-35-33-16-15-31-24-32(44-26-30-13-10-27(3)11-14-30)18-20-40(31,6)34(33)19-21-41(35,38)7/h10-11,13-14,28-29,31-38H,8-9,12,15-26H2,1-7H3/t28-,29+,31+,32-,33+,34-,35-,36+,37-,38-,40-,41-/m0/s1. The number of amides is 1. The third kappa shape index (κ3) is 6.30. The predicted octanol–water partition coefficient (Wildman–Crippen LogP) is 9.62. The molecule has 0 radical (unpaired) electrons. The molecule has 5 aliphatic rings. The largest absolute Gasteiger partial charge is 0.374 e. The lowest BCUT2D eigenvalue weighted by Crippen LogP contribution is -2.54. The highest BCUT2D eigenvalue weighted by atomic mass is 16.5. The zero-order chi connectivity index (χ0) is 31.9. The highest BCUT2D eigenvalue weighted by Crippen LogP contribution is 2.70. The molecular weight excluding hydrogens is 554 g/mol. The number of ether oxygens (including phenoxy) is 2. The van der Waals surface area contributed by atoms with E-state index in [0.29, 0.717) is 46.9 Å². The number of hydrogen-bond acceptors (Lipinski definition) is 3. The van der Waals surface area contributed by atoms with E-state index in [1.165, 1.54) is 62.5 Å². The molecule has 0 aromatic heterocycles. The Hall–Kier alpha value is -1.39. The van der Waals surface area contributed by atoms with E-state index in [9.17, 15) is 4.79 Å². The molecule has 12 atom stereocenters. The Morgan fingerprint density at radius 3 is 2.40 bits per heavy atom. The minimum absolute atomic E-state index is 0.0946. The molecular formula is C41H65NO3. The van der Waals surface area contributed by atoms with Gasteiger partial charge in [-0.1, -0.05) is 71.4 Å². The molecule has 1 aromatic carbocycles. The van der Waals surface area contributed by atoms with Gasteiger partial charge in [0.1, 0.15) is 0 Å². The third-order valence-corrected chi connectivity index (χ3v) is 14.4. The molecule has 1 amide bonds. The highest BCUT2D eigenvalue weighted by Gasteiger charge is 2.65. The van der Waals surface area contributed by atoms with Gasteiger partial charge in [-0.3, -0.25) is 4.79 Å². The first-order valence-electron chi connectivity index (χ1n) is 19.2. The number of rotatable bonds is 11. The molecule has 1 heterocycles. The molecule has 0 unspecified atom stereocenters. The topological polar surface area (TPSA) is 38.8 Å². The normalized spacial score (nSPS) is 41.1. The van der Waals surface area contributed by atoms with Crippen LogP contribution < -0.4 is 0 Å². The van der Waals surface area contributed by atoms with E-state index < -0.39 is 0 Å². The van der Waals surface area contributed by atoms with E-state index in [-0.39, 0.29) is 5.92 Å². The maximum atomic E-state index is 13.2. The van der Waals surface area contributed by atoms with Gasteiger partial charge in [-0.25, -0.2) is 0 Å². The van der Waals surface area contributed by atoms with Gasteiger partial charge in [0.25, 0.3) is 0 Å². The number of benzene rings is 1. The Labute approximate surface area is 275 Å². The van der Waals surface area contributed by atoms with Crippen LogP contribution in [-0.2, 0) is 20.9 Å². The molecule has 1 aromatic rings. The molecule has 4 heteroatoms. The molecule has 6 rings (SSSR count). The molecule has 252 valence electrons. The monoisotopic (exact) mass is 619 g/mol. The van der Waals surface area contributed by atoms with Crippen LogP contribution in [0.1, 0.15) is 130 Å². The van der Waals surface area contributed by atoms with Crippen LogP contribution in [0.25, 0.3) is 0 Å². The molecule has 0 N–H and O–H groups in total. The Kier molecular flexibility index (Phi) is 10.1. The minimum atomic E-state index is 0.0946. The van der Waals surface area contributed by atoms with Crippen molar-refractivity contribution < 1.29 is 14.3 Å². The van der Waals surface area contributed by atoms with Crippen molar-refractivity contribution in [3.8, 4) is 0 Å². The van der Waals surface area contributed by atoms with E-state index in [1.807, 2.05) is 0 Å². The summed E-state index contributed by atoms with van der Waals surface area (Å²) in [5.74, 6) is 5.11. The van der Waals surface area contributed by atoms with Gasteiger partial charge in [0.15, 0.2) is 0 Å². The van der Waals surface area contributed by atoms with Crippen molar-refractivity contribution in [3.05, 3.63) is 35.4 Å². The van der Waals surface area contributed by atoms with Gasteiger partial charge >= 0.3 is 0 Å². The lowest BCUT2D eigenvalue weighted by Gasteiger charge is -2.61. The molecule has 5 fully saturated rings. The highest BCUT2D eigenvalue weighted by molar-refractivity contribution is 5.78. The summed E-state index contributed by atoms with van der Waals surface area (Å²) in [6.45, 7) is 19.1. The fraction of sp³-hybridized carbons (Fsp3) is 0.829. The van der Waals surface area contributed by atoms with Crippen molar-refractivity contribution in [2.24, 2.45) is 52.3 Å². The van der Waals surface area contributed by atoms with Crippen molar-refractivity contribution in [2.45, 2.75) is 150 Å². The van der Waals surface area contributed by atoms with Crippen molar-refractivity contribution >= 4 is 5.91 Å². The second-order valence-corrected chi connectivity index (χ2v) is 17.0. The number of fused-ring (bicyclic) bond motifs is 7. The van der Waals surface area contributed by atoms with Crippen molar-refractivity contribution in [3.63, 3.8) is 0 Å². The van der Waals surface area contributed by atoms with E-state index in [4.69, 9.17) is 9.47 Å². The summed E-state index contributed by atoms with van der Waals surface area (Å²) in [5, 5.41) is 0. The van der Waals surface area contributed by atoms with Crippen LogP contribution in [0.2, 0.25) is 0 Å². The van der Waals surface area contributed by atoms with Gasteiger partial charge < -0.3 is 14.4 Å². The van der Waals surface area contributed by atoms with E-state index in [1.54, 1.807) is 0 Å². The maximum absolute atomic E-state index is 13.2. The van der Waals surface area contributed by atoms with Gasteiger partial charge in [-0.2, -0.15) is 0 Å².